The molecule has 5 rings (SSSR count). The third-order valence-electron chi connectivity index (χ3n) is 7.75. The van der Waals surface area contributed by atoms with Crippen LogP contribution in [0.25, 0.3) is 11.0 Å². The predicted molar refractivity (Wildman–Crippen MR) is 138 cm³/mol. The minimum absolute atomic E-state index is 0.0113. The first-order valence-electron chi connectivity index (χ1n) is 12.9. The maximum absolute atomic E-state index is 12.9. The van der Waals surface area contributed by atoms with Gasteiger partial charge in [-0.1, -0.05) is 24.5 Å². The van der Waals surface area contributed by atoms with Crippen molar-refractivity contribution in [1.82, 2.24) is 23.7 Å². The lowest BCUT2D eigenvalue weighted by atomic mass is 10.1. The average Bonchev–Trinajstić information content (AvgIpc) is 3.38. The molecule has 3 aliphatic rings. The van der Waals surface area contributed by atoms with E-state index in [-0.39, 0.29) is 23.4 Å². The van der Waals surface area contributed by atoms with Gasteiger partial charge in [0.2, 0.25) is 16.0 Å². The molecule has 2 aromatic rings. The van der Waals surface area contributed by atoms with Crippen molar-refractivity contribution in [1.29, 1.82) is 0 Å². The van der Waals surface area contributed by atoms with Crippen LogP contribution in [0.4, 0.5) is 5.95 Å². The molecule has 9 nitrogen and oxygen atoms in total. The van der Waals surface area contributed by atoms with E-state index < -0.39 is 10.0 Å². The van der Waals surface area contributed by atoms with Gasteiger partial charge in [-0.25, -0.2) is 17.7 Å². The van der Waals surface area contributed by atoms with Gasteiger partial charge in [0, 0.05) is 55.9 Å². The van der Waals surface area contributed by atoms with E-state index in [0.29, 0.717) is 37.5 Å². The normalized spacial score (nSPS) is 21.6. The minimum atomic E-state index is -3.29. The summed E-state index contributed by atoms with van der Waals surface area (Å²) in [5.41, 5.74) is 1.93. The highest BCUT2D eigenvalue weighted by Crippen LogP contribution is 2.30. The molecule has 1 saturated carbocycles. The summed E-state index contributed by atoms with van der Waals surface area (Å²) in [6.45, 7) is 2.98. The number of aromatic nitrogens is 3. The molecule has 190 valence electrons. The van der Waals surface area contributed by atoms with E-state index in [1.165, 1.54) is 5.57 Å². The van der Waals surface area contributed by atoms with Crippen LogP contribution in [-0.4, -0.2) is 77.2 Å². The number of rotatable bonds is 6. The first-order chi connectivity index (χ1) is 16.9. The van der Waals surface area contributed by atoms with Gasteiger partial charge in [0.25, 0.3) is 5.56 Å². The van der Waals surface area contributed by atoms with Crippen molar-refractivity contribution < 1.29 is 8.42 Å². The predicted octanol–water partition coefficient (Wildman–Crippen LogP) is 2.76. The lowest BCUT2D eigenvalue weighted by molar-refractivity contribution is 0.312. The first-order valence-corrected chi connectivity index (χ1v) is 14.5. The molecule has 0 spiro atoms. The van der Waals surface area contributed by atoms with Crippen molar-refractivity contribution in [2.45, 2.75) is 63.5 Å². The summed E-state index contributed by atoms with van der Waals surface area (Å²) >= 11 is 0. The number of hydrogen-bond acceptors (Lipinski definition) is 7. The van der Waals surface area contributed by atoms with E-state index in [1.807, 2.05) is 10.6 Å². The van der Waals surface area contributed by atoms with E-state index in [4.69, 9.17) is 4.98 Å². The molecule has 1 N–H and O–H groups in total. The lowest BCUT2D eigenvalue weighted by Crippen LogP contribution is -2.43. The van der Waals surface area contributed by atoms with Crippen LogP contribution >= 0.6 is 0 Å². The van der Waals surface area contributed by atoms with Gasteiger partial charge in [-0.3, -0.25) is 9.36 Å². The molecule has 0 bridgehead atoms. The highest BCUT2D eigenvalue weighted by molar-refractivity contribution is 7.89. The van der Waals surface area contributed by atoms with Gasteiger partial charge in [0.15, 0.2) is 0 Å². The van der Waals surface area contributed by atoms with Crippen molar-refractivity contribution in [3.63, 3.8) is 0 Å². The second-order valence-electron chi connectivity index (χ2n) is 10.2. The van der Waals surface area contributed by atoms with Crippen molar-refractivity contribution in [3.05, 3.63) is 40.3 Å². The smallest absolute Gasteiger partial charge is 0.252 e. The summed E-state index contributed by atoms with van der Waals surface area (Å²) in [6.07, 6.45) is 11.3. The SMILES string of the molecule is CN1CCC(=CCS(=O)(=O)N2CCC(Nc3ncc4ccc(=O)n(C5CCCC5)c4n3)CC2)CC1. The molecule has 0 unspecified atom stereocenters. The zero-order valence-corrected chi connectivity index (χ0v) is 21.3. The fraction of sp³-hybridized carbons (Fsp3) is 0.640. The van der Waals surface area contributed by atoms with Crippen molar-refractivity contribution >= 4 is 27.0 Å². The number of nitrogens with one attached hydrogen (secondary N) is 1. The monoisotopic (exact) mass is 500 g/mol. The van der Waals surface area contributed by atoms with Crippen LogP contribution in [0, 0.1) is 0 Å². The van der Waals surface area contributed by atoms with Crippen LogP contribution in [0.2, 0.25) is 0 Å². The summed E-state index contributed by atoms with van der Waals surface area (Å²) in [7, 11) is -1.19. The molecule has 10 heteroatoms. The summed E-state index contributed by atoms with van der Waals surface area (Å²) < 4.78 is 29.2. The molecular weight excluding hydrogens is 464 g/mol. The highest BCUT2D eigenvalue weighted by atomic mass is 32.2. The highest BCUT2D eigenvalue weighted by Gasteiger charge is 2.28. The number of fused-ring (bicyclic) bond motifs is 1. The molecule has 4 heterocycles. The zero-order chi connectivity index (χ0) is 24.4. The van der Waals surface area contributed by atoms with E-state index in [1.54, 1.807) is 22.6 Å². The lowest BCUT2D eigenvalue weighted by Gasteiger charge is -2.31. The molecule has 2 aliphatic heterocycles. The number of likely N-dealkylation sites (tertiary alicyclic amines) is 1. The third-order valence-corrected chi connectivity index (χ3v) is 9.49. The Morgan fingerprint density at radius 1 is 1.06 bits per heavy atom. The van der Waals surface area contributed by atoms with Crippen molar-refractivity contribution in [2.75, 3.05) is 44.3 Å². The van der Waals surface area contributed by atoms with E-state index in [9.17, 15) is 13.2 Å². The van der Waals surface area contributed by atoms with Gasteiger partial charge in [-0.05, 0) is 51.6 Å². The van der Waals surface area contributed by atoms with Gasteiger partial charge >= 0.3 is 0 Å². The Labute approximate surface area is 207 Å². The van der Waals surface area contributed by atoms with Crippen LogP contribution in [0.15, 0.2) is 34.8 Å². The molecular formula is C25H36N6O3S. The second-order valence-corrected chi connectivity index (χ2v) is 12.2. The van der Waals surface area contributed by atoms with Gasteiger partial charge in [0.1, 0.15) is 5.65 Å². The molecule has 0 radical (unpaired) electrons. The third kappa shape index (κ3) is 5.59. The molecule has 2 saturated heterocycles. The number of sulfonamides is 1. The maximum atomic E-state index is 12.9. The summed E-state index contributed by atoms with van der Waals surface area (Å²) in [4.78, 5) is 24.1. The van der Waals surface area contributed by atoms with Gasteiger partial charge < -0.3 is 10.2 Å². The Hall–Kier alpha value is -2.30. The molecule has 0 amide bonds. The number of hydrogen-bond donors (Lipinski definition) is 1. The maximum Gasteiger partial charge on any atom is 0.252 e. The number of piperidine rings is 2. The molecule has 0 atom stereocenters. The Kier molecular flexibility index (Phi) is 7.22. The van der Waals surface area contributed by atoms with Crippen LogP contribution in [0.3, 0.4) is 0 Å². The first kappa shape index (κ1) is 24.4. The molecule has 0 aromatic carbocycles. The van der Waals surface area contributed by atoms with E-state index >= 15 is 0 Å². The fourth-order valence-corrected chi connectivity index (χ4v) is 6.95. The van der Waals surface area contributed by atoms with Crippen molar-refractivity contribution in [2.24, 2.45) is 0 Å². The molecule has 2 aromatic heterocycles. The fourth-order valence-electron chi connectivity index (χ4n) is 5.52. The average molecular weight is 501 g/mol. The van der Waals surface area contributed by atoms with Gasteiger partial charge in [-0.2, -0.15) is 4.98 Å². The van der Waals surface area contributed by atoms with Crippen LogP contribution in [0.1, 0.15) is 57.4 Å². The number of nitrogens with zero attached hydrogens (tertiary/aromatic N) is 5. The van der Waals surface area contributed by atoms with E-state index in [2.05, 4.69) is 22.2 Å². The second kappa shape index (κ2) is 10.4. The molecule has 1 aliphatic carbocycles. The standard InChI is InChI=1S/C25H36N6O3S/c1-29-13-8-19(9-14-29)12-17-35(33,34)30-15-10-21(11-16-30)27-25-26-18-20-6-7-23(32)31(24(20)28-25)22-4-2-3-5-22/h6-7,12,18,21-22H,2-5,8-11,13-17H2,1H3,(H,26,27,28). The summed E-state index contributed by atoms with van der Waals surface area (Å²) in [6, 6.07) is 3.70. The molecule has 35 heavy (non-hydrogen) atoms. The summed E-state index contributed by atoms with van der Waals surface area (Å²) in [5, 5.41) is 4.26. The Balaban J connectivity index is 1.22. The van der Waals surface area contributed by atoms with Crippen LogP contribution < -0.4 is 10.9 Å². The van der Waals surface area contributed by atoms with Crippen LogP contribution in [0.5, 0.6) is 0 Å². The largest absolute Gasteiger partial charge is 0.351 e. The van der Waals surface area contributed by atoms with Gasteiger partial charge in [-0.15, -0.1) is 0 Å². The Morgan fingerprint density at radius 2 is 1.77 bits per heavy atom. The number of pyridine rings is 1. The zero-order valence-electron chi connectivity index (χ0n) is 20.5. The van der Waals surface area contributed by atoms with Crippen molar-refractivity contribution in [3.8, 4) is 0 Å². The van der Waals surface area contributed by atoms with Crippen LogP contribution in [-0.2, 0) is 10.0 Å². The van der Waals surface area contributed by atoms with Gasteiger partial charge in [0.05, 0.1) is 5.75 Å². The Morgan fingerprint density at radius 3 is 2.49 bits per heavy atom. The Bertz CT molecular complexity index is 1230. The number of anilines is 1. The minimum Gasteiger partial charge on any atom is -0.351 e. The topological polar surface area (TPSA) is 100 Å². The quantitative estimate of drug-likeness (QED) is 0.609. The molecule has 3 fully saturated rings. The summed E-state index contributed by atoms with van der Waals surface area (Å²) in [5.74, 6) is 0.597. The van der Waals surface area contributed by atoms with E-state index in [0.717, 1.165) is 57.0 Å².